The minimum Gasteiger partial charge on any atom is -0.465 e. The number of thioether (sulfide) groups is 1. The van der Waals surface area contributed by atoms with E-state index in [1.165, 1.54) is 12.8 Å². The van der Waals surface area contributed by atoms with E-state index in [9.17, 15) is 4.79 Å². The van der Waals surface area contributed by atoms with E-state index in [4.69, 9.17) is 4.74 Å². The van der Waals surface area contributed by atoms with E-state index in [1.807, 2.05) is 18.7 Å². The van der Waals surface area contributed by atoms with E-state index in [2.05, 4.69) is 12.2 Å². The summed E-state index contributed by atoms with van der Waals surface area (Å²) in [5.74, 6) is -0.0900. The van der Waals surface area contributed by atoms with Gasteiger partial charge >= 0.3 is 5.97 Å². The normalized spacial score (nSPS) is 19.9. The Hall–Kier alpha value is -0.220. The second kappa shape index (κ2) is 7.12. The van der Waals surface area contributed by atoms with Crippen LogP contribution in [-0.2, 0) is 9.53 Å². The molecule has 1 aliphatic rings. The third kappa shape index (κ3) is 5.42. The van der Waals surface area contributed by atoms with E-state index in [0.29, 0.717) is 18.3 Å². The Labute approximate surface area is 96.3 Å². The summed E-state index contributed by atoms with van der Waals surface area (Å²) >= 11 is 1.96. The lowest BCUT2D eigenvalue weighted by Crippen LogP contribution is -2.30. The molecular formula is C11H21NO2S. The summed E-state index contributed by atoms with van der Waals surface area (Å²) in [4.78, 5) is 11.0. The Morgan fingerprint density at radius 2 is 2.20 bits per heavy atom. The van der Waals surface area contributed by atoms with Crippen LogP contribution >= 0.6 is 11.8 Å². The molecule has 1 saturated heterocycles. The average Bonchev–Trinajstić information content (AvgIpc) is 2.27. The number of rotatable bonds is 5. The number of hydrogen-bond donors (Lipinski definition) is 1. The zero-order valence-corrected chi connectivity index (χ0v) is 10.4. The van der Waals surface area contributed by atoms with Crippen LogP contribution in [0.5, 0.6) is 0 Å². The first kappa shape index (κ1) is 12.8. The Morgan fingerprint density at radius 3 is 2.80 bits per heavy atom. The molecule has 0 saturated carbocycles. The van der Waals surface area contributed by atoms with E-state index < -0.39 is 0 Å². The molecule has 4 heteroatoms. The molecule has 15 heavy (non-hydrogen) atoms. The number of piperidine rings is 1. The Balaban J connectivity index is 2.11. The van der Waals surface area contributed by atoms with Gasteiger partial charge in [-0.25, -0.2) is 0 Å². The number of esters is 1. The first-order valence-electron chi connectivity index (χ1n) is 5.74. The van der Waals surface area contributed by atoms with Gasteiger partial charge in [-0.15, -0.1) is 0 Å². The molecule has 0 aromatic rings. The van der Waals surface area contributed by atoms with Crippen molar-refractivity contribution in [2.24, 2.45) is 0 Å². The summed E-state index contributed by atoms with van der Waals surface area (Å²) < 4.78 is 5.12. The minimum absolute atomic E-state index is 0.0900. The number of carbonyl (C=O) groups is 1. The van der Waals surface area contributed by atoms with Crippen molar-refractivity contribution in [2.45, 2.75) is 43.6 Å². The molecule has 3 nitrogen and oxygen atoms in total. The Bertz CT molecular complexity index is 193. The summed E-state index contributed by atoms with van der Waals surface area (Å²) in [6.45, 7) is 6.77. The largest absolute Gasteiger partial charge is 0.465 e. The predicted molar refractivity (Wildman–Crippen MR) is 64.2 cm³/mol. The first-order chi connectivity index (χ1) is 7.22. The maximum absolute atomic E-state index is 11.0. The summed E-state index contributed by atoms with van der Waals surface area (Å²) in [5, 5.41) is 4.51. The van der Waals surface area contributed by atoms with Crippen LogP contribution in [0.4, 0.5) is 0 Å². The molecule has 0 aromatic carbocycles. The molecule has 88 valence electrons. The third-order valence-corrected chi connectivity index (χ3v) is 3.94. The molecule has 0 amide bonds. The van der Waals surface area contributed by atoms with Gasteiger partial charge in [-0.2, -0.15) is 11.8 Å². The van der Waals surface area contributed by atoms with Gasteiger partial charge in [-0.3, -0.25) is 4.79 Å². The minimum atomic E-state index is -0.0900. The lowest BCUT2D eigenvalue weighted by atomic mass is 10.2. The van der Waals surface area contributed by atoms with Crippen LogP contribution in [-0.4, -0.2) is 36.2 Å². The molecular weight excluding hydrogens is 210 g/mol. The second-order valence-corrected chi connectivity index (χ2v) is 5.68. The van der Waals surface area contributed by atoms with Crippen LogP contribution in [0.15, 0.2) is 0 Å². The molecule has 1 aliphatic heterocycles. The zero-order chi connectivity index (χ0) is 11.1. The van der Waals surface area contributed by atoms with Gasteiger partial charge in [0.1, 0.15) is 6.61 Å². The van der Waals surface area contributed by atoms with Crippen molar-refractivity contribution in [3.05, 3.63) is 0 Å². The molecule has 0 radical (unpaired) electrons. The van der Waals surface area contributed by atoms with E-state index in [1.54, 1.807) is 0 Å². The van der Waals surface area contributed by atoms with Crippen LogP contribution in [0.3, 0.4) is 0 Å². The van der Waals surface area contributed by atoms with Crippen LogP contribution < -0.4 is 5.32 Å². The van der Waals surface area contributed by atoms with Crippen LogP contribution in [0.25, 0.3) is 0 Å². The summed E-state index contributed by atoms with van der Waals surface area (Å²) in [7, 11) is 0. The van der Waals surface area contributed by atoms with Crippen LogP contribution in [0.1, 0.15) is 33.1 Å². The predicted octanol–water partition coefficient (Wildman–Crippen LogP) is 1.81. The van der Waals surface area contributed by atoms with Crippen molar-refractivity contribution >= 4 is 17.7 Å². The van der Waals surface area contributed by atoms with Crippen molar-refractivity contribution in [1.29, 1.82) is 0 Å². The van der Waals surface area contributed by atoms with Crippen molar-refractivity contribution in [3.63, 3.8) is 0 Å². The zero-order valence-electron chi connectivity index (χ0n) is 9.62. The summed E-state index contributed by atoms with van der Waals surface area (Å²) in [5.41, 5.74) is 0. The maximum Gasteiger partial charge on any atom is 0.305 e. The van der Waals surface area contributed by atoms with Crippen molar-refractivity contribution in [2.75, 3.05) is 19.7 Å². The standard InChI is InChI=1S/C11H21NO2S/c1-3-11(13)14-8-9(2)15-10-4-6-12-7-5-10/h9-10,12H,3-8H2,1-2H3. The molecule has 0 bridgehead atoms. The van der Waals surface area contributed by atoms with Gasteiger partial charge in [-0.05, 0) is 32.9 Å². The molecule has 1 unspecified atom stereocenters. The lowest BCUT2D eigenvalue weighted by molar-refractivity contribution is -0.143. The first-order valence-corrected chi connectivity index (χ1v) is 6.68. The molecule has 0 aromatic heterocycles. The third-order valence-electron chi connectivity index (χ3n) is 2.48. The van der Waals surface area contributed by atoms with Crippen molar-refractivity contribution in [1.82, 2.24) is 5.32 Å². The molecule has 1 fully saturated rings. The number of nitrogens with one attached hydrogen (secondary N) is 1. The Kier molecular flexibility index (Phi) is 6.10. The molecule has 1 atom stereocenters. The van der Waals surface area contributed by atoms with Crippen molar-refractivity contribution in [3.8, 4) is 0 Å². The number of carbonyl (C=O) groups excluding carboxylic acids is 1. The van der Waals surface area contributed by atoms with Gasteiger partial charge in [0.15, 0.2) is 0 Å². The molecule has 1 heterocycles. The SMILES string of the molecule is CCC(=O)OCC(C)SC1CCNCC1. The lowest BCUT2D eigenvalue weighted by Gasteiger charge is -2.24. The molecule has 0 spiro atoms. The fraction of sp³-hybridized carbons (Fsp3) is 0.909. The maximum atomic E-state index is 11.0. The highest BCUT2D eigenvalue weighted by Gasteiger charge is 2.17. The molecule has 0 aliphatic carbocycles. The fourth-order valence-electron chi connectivity index (χ4n) is 1.61. The highest BCUT2D eigenvalue weighted by molar-refractivity contribution is 8.00. The van der Waals surface area contributed by atoms with Gasteiger partial charge in [0.05, 0.1) is 0 Å². The van der Waals surface area contributed by atoms with E-state index in [0.717, 1.165) is 18.3 Å². The Morgan fingerprint density at radius 1 is 1.53 bits per heavy atom. The van der Waals surface area contributed by atoms with Gasteiger partial charge in [-0.1, -0.05) is 6.92 Å². The summed E-state index contributed by atoms with van der Waals surface area (Å²) in [6.07, 6.45) is 2.94. The van der Waals surface area contributed by atoms with Crippen molar-refractivity contribution < 1.29 is 9.53 Å². The number of ether oxygens (including phenoxy) is 1. The highest BCUT2D eigenvalue weighted by atomic mass is 32.2. The topological polar surface area (TPSA) is 38.3 Å². The van der Waals surface area contributed by atoms with Crippen LogP contribution in [0, 0.1) is 0 Å². The highest BCUT2D eigenvalue weighted by Crippen LogP contribution is 2.24. The van der Waals surface area contributed by atoms with Gasteiger partial charge in [0.2, 0.25) is 0 Å². The van der Waals surface area contributed by atoms with Gasteiger partial charge in [0.25, 0.3) is 0 Å². The second-order valence-electron chi connectivity index (χ2n) is 3.93. The fourth-order valence-corrected chi connectivity index (χ4v) is 2.92. The molecule has 1 rings (SSSR count). The van der Waals surface area contributed by atoms with Crippen LogP contribution in [0.2, 0.25) is 0 Å². The quantitative estimate of drug-likeness (QED) is 0.732. The van der Waals surface area contributed by atoms with Gasteiger partial charge < -0.3 is 10.1 Å². The smallest absolute Gasteiger partial charge is 0.305 e. The van der Waals surface area contributed by atoms with E-state index >= 15 is 0 Å². The molecule has 1 N–H and O–H groups in total. The van der Waals surface area contributed by atoms with Gasteiger partial charge in [0, 0.05) is 16.9 Å². The summed E-state index contributed by atoms with van der Waals surface area (Å²) in [6, 6.07) is 0. The average molecular weight is 231 g/mol. The van der Waals surface area contributed by atoms with E-state index in [-0.39, 0.29) is 5.97 Å². The number of hydrogen-bond acceptors (Lipinski definition) is 4. The monoisotopic (exact) mass is 231 g/mol.